The molecule has 31 heavy (non-hydrogen) atoms. The molecule has 0 spiro atoms. The van der Waals surface area contributed by atoms with E-state index in [0.717, 1.165) is 27.7 Å². The van der Waals surface area contributed by atoms with Crippen LogP contribution in [0.5, 0.6) is 11.5 Å². The number of ether oxygens (including phenoxy) is 2. The Morgan fingerprint density at radius 2 is 1.97 bits per heavy atom. The molecule has 2 atom stereocenters. The largest absolute Gasteiger partial charge is 0.480 e. The third-order valence-electron chi connectivity index (χ3n) is 5.74. The summed E-state index contributed by atoms with van der Waals surface area (Å²) in [6.07, 6.45) is 0.241. The average molecular weight is 444 g/mol. The Balaban J connectivity index is 0.00000231. The smallest absolute Gasteiger partial charge is 0.326 e. The number of carbonyl (C=O) groups excluding carboxylic acids is 1. The molecule has 3 heterocycles. The second-order valence-corrected chi connectivity index (χ2v) is 7.47. The molecule has 2 aromatic carbocycles. The van der Waals surface area contributed by atoms with Crippen LogP contribution < -0.4 is 14.8 Å². The van der Waals surface area contributed by atoms with Crippen LogP contribution >= 0.6 is 12.4 Å². The number of halogens is 1. The van der Waals surface area contributed by atoms with Crippen LogP contribution in [0.4, 0.5) is 0 Å². The summed E-state index contributed by atoms with van der Waals surface area (Å²) in [6, 6.07) is 11.7. The summed E-state index contributed by atoms with van der Waals surface area (Å²) >= 11 is 0. The lowest BCUT2D eigenvalue weighted by molar-refractivity contribution is -0.152. The van der Waals surface area contributed by atoms with Crippen LogP contribution in [0.15, 0.2) is 42.5 Å². The van der Waals surface area contributed by atoms with E-state index in [-0.39, 0.29) is 38.1 Å². The highest BCUT2D eigenvalue weighted by Gasteiger charge is 2.43. The number of benzene rings is 2. The first kappa shape index (κ1) is 21.0. The van der Waals surface area contributed by atoms with E-state index in [9.17, 15) is 14.7 Å². The first-order chi connectivity index (χ1) is 14.6. The first-order valence-electron chi connectivity index (χ1n) is 9.76. The monoisotopic (exact) mass is 443 g/mol. The molecule has 2 aliphatic heterocycles. The van der Waals surface area contributed by atoms with Crippen molar-refractivity contribution in [2.24, 2.45) is 0 Å². The number of carboxylic acids is 1. The predicted octanol–water partition coefficient (Wildman–Crippen LogP) is 2.47. The van der Waals surface area contributed by atoms with Crippen molar-refractivity contribution in [1.29, 1.82) is 0 Å². The Morgan fingerprint density at radius 3 is 2.74 bits per heavy atom. The number of carbonyl (C=O) groups is 2. The molecule has 8 nitrogen and oxygen atoms in total. The zero-order chi connectivity index (χ0) is 20.8. The summed E-state index contributed by atoms with van der Waals surface area (Å²) in [5, 5.41) is 13.8. The number of para-hydroxylation sites is 1. The second kappa shape index (κ2) is 8.13. The quantitative estimate of drug-likeness (QED) is 0.572. The van der Waals surface area contributed by atoms with Gasteiger partial charge in [-0.25, -0.2) is 4.79 Å². The van der Waals surface area contributed by atoms with E-state index < -0.39 is 18.1 Å². The number of likely N-dealkylation sites (N-methyl/N-ethyl adjacent to an activating group) is 1. The minimum absolute atomic E-state index is 0. The lowest BCUT2D eigenvalue weighted by Gasteiger charge is -2.40. The third kappa shape index (κ3) is 3.37. The van der Waals surface area contributed by atoms with Crippen molar-refractivity contribution in [3.8, 4) is 11.5 Å². The molecule has 5 rings (SSSR count). The molecule has 0 aliphatic carbocycles. The van der Waals surface area contributed by atoms with Crippen molar-refractivity contribution >= 4 is 35.2 Å². The maximum Gasteiger partial charge on any atom is 0.326 e. The number of nitrogens with zero attached hydrogens (tertiary/aromatic N) is 1. The molecule has 1 amide bonds. The maximum absolute atomic E-state index is 13.1. The molecular weight excluding hydrogens is 422 g/mol. The molecule has 0 saturated carbocycles. The topological polar surface area (TPSA) is 104 Å². The third-order valence-corrected chi connectivity index (χ3v) is 5.74. The maximum atomic E-state index is 13.1. The lowest BCUT2D eigenvalue weighted by Crippen LogP contribution is -2.53. The van der Waals surface area contributed by atoms with Crippen LogP contribution in [-0.4, -0.2) is 53.3 Å². The number of hydrogen-bond donors (Lipinski definition) is 3. The Morgan fingerprint density at radius 1 is 1.19 bits per heavy atom. The molecule has 0 saturated heterocycles. The van der Waals surface area contributed by atoms with Gasteiger partial charge in [-0.2, -0.15) is 0 Å². The summed E-state index contributed by atoms with van der Waals surface area (Å²) in [5.74, 6) is -0.0871. The fourth-order valence-corrected chi connectivity index (χ4v) is 4.46. The van der Waals surface area contributed by atoms with Crippen molar-refractivity contribution in [3.05, 3.63) is 59.3 Å². The van der Waals surface area contributed by atoms with Gasteiger partial charge in [0.1, 0.15) is 6.04 Å². The highest BCUT2D eigenvalue weighted by atomic mass is 35.5. The van der Waals surface area contributed by atoms with Gasteiger partial charge in [-0.1, -0.05) is 24.3 Å². The van der Waals surface area contributed by atoms with Gasteiger partial charge < -0.3 is 29.8 Å². The molecule has 1 aromatic heterocycles. The number of aromatic nitrogens is 1. The summed E-state index contributed by atoms with van der Waals surface area (Å²) in [5.41, 5.74) is 3.44. The molecule has 3 N–H and O–H groups in total. The van der Waals surface area contributed by atoms with E-state index in [0.29, 0.717) is 11.5 Å². The highest BCUT2D eigenvalue weighted by molar-refractivity contribution is 5.91. The number of aliphatic carboxylic acids is 1. The zero-order valence-corrected chi connectivity index (χ0v) is 17.6. The fourth-order valence-electron chi connectivity index (χ4n) is 4.46. The van der Waals surface area contributed by atoms with Crippen LogP contribution in [0.3, 0.4) is 0 Å². The number of H-pyrrole nitrogens is 1. The molecule has 0 radical (unpaired) electrons. The Hall–Kier alpha value is -3.23. The molecular formula is C22H22ClN3O5. The Kier molecular flexibility index (Phi) is 5.51. The van der Waals surface area contributed by atoms with Gasteiger partial charge in [0.25, 0.3) is 0 Å². The number of amides is 1. The molecule has 0 fully saturated rings. The average Bonchev–Trinajstić information content (AvgIpc) is 3.36. The SMILES string of the molecule is CNCC(=O)N1[C@H](c2ccc3c(c2)OCO3)c2[nH]c3ccccc3c2C[C@@H]1C(=O)O.Cl. The van der Waals surface area contributed by atoms with Crippen molar-refractivity contribution in [1.82, 2.24) is 15.2 Å². The summed E-state index contributed by atoms with van der Waals surface area (Å²) < 4.78 is 10.9. The number of fused-ring (bicyclic) bond motifs is 4. The van der Waals surface area contributed by atoms with Gasteiger partial charge in [-0.3, -0.25) is 4.79 Å². The lowest BCUT2D eigenvalue weighted by atomic mass is 9.87. The van der Waals surface area contributed by atoms with Gasteiger partial charge in [0.15, 0.2) is 11.5 Å². The number of nitrogens with one attached hydrogen (secondary N) is 2. The van der Waals surface area contributed by atoms with Crippen LogP contribution in [0.25, 0.3) is 10.9 Å². The van der Waals surface area contributed by atoms with E-state index >= 15 is 0 Å². The van der Waals surface area contributed by atoms with E-state index in [1.54, 1.807) is 13.1 Å². The molecule has 0 unspecified atom stereocenters. The van der Waals surface area contributed by atoms with E-state index in [2.05, 4.69) is 10.3 Å². The normalized spacial score (nSPS) is 19.1. The molecule has 0 bridgehead atoms. The number of rotatable bonds is 4. The molecule has 9 heteroatoms. The molecule has 3 aromatic rings. The van der Waals surface area contributed by atoms with E-state index in [1.807, 2.05) is 36.4 Å². The fraction of sp³-hybridized carbons (Fsp3) is 0.273. The zero-order valence-electron chi connectivity index (χ0n) is 16.8. The van der Waals surface area contributed by atoms with Gasteiger partial charge in [-0.05, 0) is 36.4 Å². The van der Waals surface area contributed by atoms with Gasteiger partial charge in [0.05, 0.1) is 12.6 Å². The number of hydrogen-bond acceptors (Lipinski definition) is 5. The summed E-state index contributed by atoms with van der Waals surface area (Å²) in [7, 11) is 1.67. The van der Waals surface area contributed by atoms with Gasteiger partial charge in [0.2, 0.25) is 12.7 Å². The van der Waals surface area contributed by atoms with Crippen molar-refractivity contribution in [3.63, 3.8) is 0 Å². The van der Waals surface area contributed by atoms with Gasteiger partial charge in [0, 0.05) is 23.0 Å². The summed E-state index contributed by atoms with van der Waals surface area (Å²) in [6.45, 7) is 0.182. The second-order valence-electron chi connectivity index (χ2n) is 7.47. The highest BCUT2D eigenvalue weighted by Crippen LogP contribution is 2.43. The number of aromatic amines is 1. The minimum atomic E-state index is -1.03. The van der Waals surface area contributed by atoms with Crippen molar-refractivity contribution in [2.45, 2.75) is 18.5 Å². The predicted molar refractivity (Wildman–Crippen MR) is 116 cm³/mol. The Labute approximate surface area is 184 Å². The van der Waals surface area contributed by atoms with Crippen LogP contribution in [-0.2, 0) is 16.0 Å². The standard InChI is InChI=1S/C22H21N3O5.ClH/c1-23-10-19(26)25-16(22(27)28)9-14-13-4-2-3-5-15(13)24-20(14)21(25)12-6-7-17-18(8-12)30-11-29-17;/h2-8,16,21,23-24H,9-11H2,1H3,(H,27,28);1H/t16-,21-;/m1./s1. The van der Waals surface area contributed by atoms with Crippen molar-refractivity contribution in [2.75, 3.05) is 20.4 Å². The van der Waals surface area contributed by atoms with Crippen molar-refractivity contribution < 1.29 is 24.2 Å². The molecule has 162 valence electrons. The van der Waals surface area contributed by atoms with Crippen LogP contribution in [0.1, 0.15) is 22.9 Å². The number of carboxylic acid groups (broad SMARTS) is 1. The van der Waals surface area contributed by atoms with Crippen LogP contribution in [0, 0.1) is 0 Å². The van der Waals surface area contributed by atoms with Gasteiger partial charge in [-0.15, -0.1) is 12.4 Å². The molecule has 2 aliphatic rings. The van der Waals surface area contributed by atoms with Crippen LogP contribution in [0.2, 0.25) is 0 Å². The summed E-state index contributed by atoms with van der Waals surface area (Å²) in [4.78, 5) is 30.2. The van der Waals surface area contributed by atoms with Gasteiger partial charge >= 0.3 is 5.97 Å². The van der Waals surface area contributed by atoms with E-state index in [1.165, 1.54) is 4.90 Å². The first-order valence-corrected chi connectivity index (χ1v) is 9.76. The Bertz CT molecular complexity index is 1160. The van der Waals surface area contributed by atoms with E-state index in [4.69, 9.17) is 9.47 Å². The minimum Gasteiger partial charge on any atom is -0.480 e.